The predicted octanol–water partition coefficient (Wildman–Crippen LogP) is 3.57. The number of hydrogen-bond acceptors (Lipinski definition) is 2. The third kappa shape index (κ3) is 2.25. The molecule has 19 heavy (non-hydrogen) atoms. The number of aromatic nitrogens is 1. The van der Waals surface area contributed by atoms with Gasteiger partial charge in [0.15, 0.2) is 0 Å². The Morgan fingerprint density at radius 2 is 1.68 bits per heavy atom. The zero-order valence-electron chi connectivity index (χ0n) is 10.6. The molecule has 0 bridgehead atoms. The van der Waals surface area contributed by atoms with E-state index in [0.29, 0.717) is 0 Å². The van der Waals surface area contributed by atoms with E-state index in [9.17, 15) is 4.79 Å². The Kier molecular flexibility index (Phi) is 2.84. The van der Waals surface area contributed by atoms with Crippen molar-refractivity contribution < 1.29 is 0 Å². The highest BCUT2D eigenvalue weighted by molar-refractivity contribution is 5.93. The smallest absolute Gasteiger partial charge is 0.267 e. The van der Waals surface area contributed by atoms with Crippen molar-refractivity contribution in [2.45, 2.75) is 6.92 Å². The Morgan fingerprint density at radius 3 is 2.47 bits per heavy atom. The van der Waals surface area contributed by atoms with Crippen LogP contribution >= 0.6 is 0 Å². The summed E-state index contributed by atoms with van der Waals surface area (Å²) in [5.41, 5.74) is 3.76. The van der Waals surface area contributed by atoms with Crippen LogP contribution in [0.1, 0.15) is 5.56 Å². The maximum atomic E-state index is 11.7. The minimum Gasteiger partial charge on any atom is -0.267 e. The summed E-state index contributed by atoms with van der Waals surface area (Å²) in [4.78, 5) is 15.8. The van der Waals surface area contributed by atoms with Crippen molar-refractivity contribution in [3.05, 3.63) is 76.6 Å². The Balaban J connectivity index is 2.43. The second-order valence-electron chi connectivity index (χ2n) is 4.58. The summed E-state index contributed by atoms with van der Waals surface area (Å²) in [6.45, 7) is 2.00. The summed E-state index contributed by atoms with van der Waals surface area (Å²) in [7, 11) is 0. The average molecular weight is 247 g/mol. The molecular formula is C17H13NO. The van der Waals surface area contributed by atoms with E-state index in [1.54, 1.807) is 0 Å². The van der Waals surface area contributed by atoms with E-state index in [2.05, 4.69) is 4.98 Å². The highest BCUT2D eigenvalue weighted by Crippen LogP contribution is 2.26. The van der Waals surface area contributed by atoms with Gasteiger partial charge in [-0.1, -0.05) is 42.5 Å². The fourth-order valence-electron chi connectivity index (χ4n) is 2.23. The van der Waals surface area contributed by atoms with E-state index in [-0.39, 0.29) is 5.56 Å². The van der Waals surface area contributed by atoms with Crippen LogP contribution < -0.4 is 5.56 Å². The zero-order valence-corrected chi connectivity index (χ0v) is 10.6. The molecular weight excluding hydrogens is 234 g/mol. The first kappa shape index (κ1) is 11.6. The molecule has 3 rings (SSSR count). The molecule has 0 atom stereocenters. The Hall–Kier alpha value is -2.48. The van der Waals surface area contributed by atoms with Crippen LogP contribution in [0.2, 0.25) is 0 Å². The summed E-state index contributed by atoms with van der Waals surface area (Å²) in [6, 6.07) is 19.4. The third-order valence-corrected chi connectivity index (χ3v) is 3.15. The standard InChI is InChI=1S/C17H13NO/c1-12-7-8-15-14(13-5-3-2-4-6-13)9-10-17(19)18-16(15)11-12/h2-11H,1H3. The van der Waals surface area contributed by atoms with Gasteiger partial charge in [-0.15, -0.1) is 0 Å². The highest BCUT2D eigenvalue weighted by Gasteiger charge is 2.04. The van der Waals surface area contributed by atoms with Crippen molar-refractivity contribution >= 4 is 10.9 Å². The van der Waals surface area contributed by atoms with Gasteiger partial charge in [0.2, 0.25) is 0 Å². The molecule has 1 heterocycles. The SMILES string of the molecule is Cc1ccc2c(-c3ccccc3)ccc(=O)nc2c1. The second kappa shape index (κ2) is 4.65. The van der Waals surface area contributed by atoms with Crippen LogP contribution in [0.15, 0.2) is 65.5 Å². The molecule has 0 saturated carbocycles. The summed E-state index contributed by atoms with van der Waals surface area (Å²) >= 11 is 0. The van der Waals surface area contributed by atoms with E-state index >= 15 is 0 Å². The first-order valence-corrected chi connectivity index (χ1v) is 6.21. The minimum atomic E-state index is -0.210. The normalized spacial score (nSPS) is 10.6. The maximum absolute atomic E-state index is 11.7. The fraction of sp³-hybridized carbons (Fsp3) is 0.0588. The molecule has 0 N–H and O–H groups in total. The van der Waals surface area contributed by atoms with Gasteiger partial charge >= 0.3 is 0 Å². The summed E-state index contributed by atoms with van der Waals surface area (Å²) in [6.07, 6.45) is 0. The number of rotatable bonds is 1. The maximum Gasteiger partial charge on any atom is 0.270 e. The molecule has 92 valence electrons. The lowest BCUT2D eigenvalue weighted by Crippen LogP contribution is -1.97. The number of aryl methyl sites for hydroxylation is 1. The summed E-state index contributed by atoms with van der Waals surface area (Å²) in [5, 5.41) is 0.999. The van der Waals surface area contributed by atoms with Gasteiger partial charge in [-0.05, 0) is 35.7 Å². The van der Waals surface area contributed by atoms with Crippen LogP contribution in [-0.2, 0) is 0 Å². The van der Waals surface area contributed by atoms with Crippen molar-refractivity contribution in [1.29, 1.82) is 0 Å². The summed E-state index contributed by atoms with van der Waals surface area (Å²) in [5.74, 6) is 0. The van der Waals surface area contributed by atoms with Gasteiger partial charge in [-0.3, -0.25) is 4.79 Å². The monoisotopic (exact) mass is 247 g/mol. The predicted molar refractivity (Wildman–Crippen MR) is 78.2 cm³/mol. The Morgan fingerprint density at radius 1 is 0.895 bits per heavy atom. The molecule has 0 spiro atoms. The fourth-order valence-corrected chi connectivity index (χ4v) is 2.23. The van der Waals surface area contributed by atoms with Crippen molar-refractivity contribution in [2.75, 3.05) is 0 Å². The molecule has 0 amide bonds. The van der Waals surface area contributed by atoms with Gasteiger partial charge in [0, 0.05) is 11.5 Å². The van der Waals surface area contributed by atoms with Crippen molar-refractivity contribution in [3.63, 3.8) is 0 Å². The van der Waals surface area contributed by atoms with Crippen LogP contribution in [0, 0.1) is 6.92 Å². The number of benzene rings is 2. The zero-order chi connectivity index (χ0) is 13.2. The average Bonchev–Trinajstić information content (AvgIpc) is 2.57. The molecule has 0 radical (unpaired) electrons. The van der Waals surface area contributed by atoms with Crippen LogP contribution in [0.4, 0.5) is 0 Å². The Labute approximate surface area is 111 Å². The van der Waals surface area contributed by atoms with Crippen LogP contribution in [0.3, 0.4) is 0 Å². The molecule has 3 aromatic rings. The second-order valence-corrected chi connectivity index (χ2v) is 4.58. The molecule has 1 aromatic heterocycles. The van der Waals surface area contributed by atoms with Crippen LogP contribution in [0.25, 0.3) is 22.0 Å². The van der Waals surface area contributed by atoms with Gasteiger partial charge in [0.05, 0.1) is 5.52 Å². The molecule has 0 aliphatic heterocycles. The largest absolute Gasteiger partial charge is 0.270 e. The molecule has 2 aromatic carbocycles. The van der Waals surface area contributed by atoms with E-state index in [4.69, 9.17) is 0 Å². The number of nitrogens with zero attached hydrogens (tertiary/aromatic N) is 1. The number of fused-ring (bicyclic) bond motifs is 1. The van der Waals surface area contributed by atoms with Crippen molar-refractivity contribution in [2.24, 2.45) is 0 Å². The van der Waals surface area contributed by atoms with Crippen molar-refractivity contribution in [1.82, 2.24) is 4.98 Å². The third-order valence-electron chi connectivity index (χ3n) is 3.15. The lowest BCUT2D eigenvalue weighted by molar-refractivity contribution is 1.32. The molecule has 2 heteroatoms. The topological polar surface area (TPSA) is 30.0 Å². The van der Waals surface area contributed by atoms with Crippen LogP contribution in [0.5, 0.6) is 0 Å². The van der Waals surface area contributed by atoms with Gasteiger partial charge < -0.3 is 0 Å². The first-order valence-electron chi connectivity index (χ1n) is 6.21. The minimum absolute atomic E-state index is 0.210. The number of hydrogen-bond donors (Lipinski definition) is 0. The molecule has 0 aliphatic carbocycles. The lowest BCUT2D eigenvalue weighted by Gasteiger charge is -2.03. The van der Waals surface area contributed by atoms with Gasteiger partial charge in [-0.2, -0.15) is 0 Å². The lowest BCUT2D eigenvalue weighted by atomic mass is 10.0. The highest BCUT2D eigenvalue weighted by atomic mass is 16.1. The van der Waals surface area contributed by atoms with E-state index < -0.39 is 0 Å². The quantitative estimate of drug-likeness (QED) is 0.658. The van der Waals surface area contributed by atoms with E-state index in [0.717, 1.165) is 27.6 Å². The van der Waals surface area contributed by atoms with E-state index in [1.807, 2.05) is 61.5 Å². The molecule has 0 saturated heterocycles. The van der Waals surface area contributed by atoms with Gasteiger partial charge in [0.1, 0.15) is 0 Å². The van der Waals surface area contributed by atoms with Crippen LogP contribution in [-0.4, -0.2) is 4.98 Å². The van der Waals surface area contributed by atoms with Gasteiger partial charge in [-0.25, -0.2) is 4.98 Å². The molecule has 0 unspecified atom stereocenters. The Bertz CT molecular complexity index is 795. The first-order chi connectivity index (χ1) is 9.24. The molecule has 0 aliphatic rings. The van der Waals surface area contributed by atoms with Gasteiger partial charge in [0.25, 0.3) is 5.56 Å². The summed E-state index contributed by atoms with van der Waals surface area (Å²) < 4.78 is 0. The molecule has 0 fully saturated rings. The molecule has 2 nitrogen and oxygen atoms in total. The van der Waals surface area contributed by atoms with E-state index in [1.165, 1.54) is 6.07 Å². The van der Waals surface area contributed by atoms with Crippen molar-refractivity contribution in [3.8, 4) is 11.1 Å².